The SMILES string of the molecule is CCCCCCCCCCCCCCCOC(=O)CN(C)C(=O)C(F)(F)C(F)(F)F. The van der Waals surface area contributed by atoms with Crippen molar-refractivity contribution in [1.82, 2.24) is 4.90 Å². The number of likely N-dealkylation sites (N-methyl/N-ethyl adjacent to an activating group) is 1. The molecule has 0 unspecified atom stereocenters. The van der Waals surface area contributed by atoms with Gasteiger partial charge in [-0.2, -0.15) is 22.0 Å². The predicted octanol–water partition coefficient (Wildman–Crippen LogP) is 6.28. The molecule has 0 N–H and O–H groups in total. The highest BCUT2D eigenvalue weighted by atomic mass is 19.4. The lowest BCUT2D eigenvalue weighted by Crippen LogP contribution is -2.52. The van der Waals surface area contributed by atoms with Gasteiger partial charge in [-0.15, -0.1) is 0 Å². The topological polar surface area (TPSA) is 46.6 Å². The van der Waals surface area contributed by atoms with Crippen molar-refractivity contribution in [3.8, 4) is 0 Å². The average Bonchev–Trinajstić information content (AvgIpc) is 2.66. The van der Waals surface area contributed by atoms with Gasteiger partial charge in [0.15, 0.2) is 0 Å². The molecule has 0 fully saturated rings. The van der Waals surface area contributed by atoms with E-state index in [1.165, 1.54) is 51.4 Å². The molecule has 0 bridgehead atoms. The molecule has 1 amide bonds. The van der Waals surface area contributed by atoms with Crippen LogP contribution >= 0.6 is 0 Å². The summed E-state index contributed by atoms with van der Waals surface area (Å²) in [4.78, 5) is 22.7. The monoisotopic (exact) mass is 445 g/mol. The molecule has 0 aromatic carbocycles. The highest BCUT2D eigenvalue weighted by molar-refractivity contribution is 5.87. The van der Waals surface area contributed by atoms with Crippen molar-refractivity contribution in [2.24, 2.45) is 0 Å². The van der Waals surface area contributed by atoms with Crippen LogP contribution in [0.5, 0.6) is 0 Å². The van der Waals surface area contributed by atoms with Crippen molar-refractivity contribution < 1.29 is 36.3 Å². The summed E-state index contributed by atoms with van der Waals surface area (Å²) in [5, 5.41) is 0. The zero-order chi connectivity index (χ0) is 23.0. The minimum Gasteiger partial charge on any atom is -0.464 e. The number of halogens is 5. The fourth-order valence-corrected chi connectivity index (χ4v) is 2.98. The van der Waals surface area contributed by atoms with E-state index in [0.717, 1.165) is 25.7 Å². The summed E-state index contributed by atoms with van der Waals surface area (Å²) in [6.07, 6.45) is 8.94. The van der Waals surface area contributed by atoms with Crippen molar-refractivity contribution in [2.45, 2.75) is 102 Å². The highest BCUT2D eigenvalue weighted by Gasteiger charge is 2.64. The maximum absolute atomic E-state index is 12.9. The van der Waals surface area contributed by atoms with E-state index in [9.17, 15) is 31.5 Å². The van der Waals surface area contributed by atoms with Crippen LogP contribution in [-0.4, -0.2) is 49.1 Å². The second-order valence-corrected chi connectivity index (χ2v) is 7.70. The van der Waals surface area contributed by atoms with Gasteiger partial charge in [0, 0.05) is 7.05 Å². The van der Waals surface area contributed by atoms with Gasteiger partial charge in [0.25, 0.3) is 0 Å². The Balaban J connectivity index is 3.67. The molecule has 0 rings (SSSR count). The van der Waals surface area contributed by atoms with Gasteiger partial charge in [-0.25, -0.2) is 0 Å². The quantitative estimate of drug-likeness (QED) is 0.150. The molecule has 0 aliphatic rings. The molecule has 9 heteroatoms. The number of hydrogen-bond donors (Lipinski definition) is 0. The first-order chi connectivity index (χ1) is 14.0. The lowest BCUT2D eigenvalue weighted by atomic mass is 10.0. The lowest BCUT2D eigenvalue weighted by Gasteiger charge is -2.24. The molecule has 0 saturated carbocycles. The van der Waals surface area contributed by atoms with Crippen LogP contribution in [0.4, 0.5) is 22.0 Å². The molecule has 4 nitrogen and oxygen atoms in total. The highest BCUT2D eigenvalue weighted by Crippen LogP contribution is 2.36. The van der Waals surface area contributed by atoms with Gasteiger partial charge in [0.2, 0.25) is 0 Å². The summed E-state index contributed by atoms with van der Waals surface area (Å²) in [6, 6.07) is 0. The summed E-state index contributed by atoms with van der Waals surface area (Å²) in [5.41, 5.74) is 0. The van der Waals surface area contributed by atoms with Crippen molar-refractivity contribution >= 4 is 11.9 Å². The normalized spacial score (nSPS) is 12.1. The van der Waals surface area contributed by atoms with Crippen molar-refractivity contribution in [3.63, 3.8) is 0 Å². The minimum absolute atomic E-state index is 0.0274. The number of amides is 1. The van der Waals surface area contributed by atoms with Gasteiger partial charge in [-0.3, -0.25) is 9.59 Å². The average molecular weight is 446 g/mol. The van der Waals surface area contributed by atoms with Gasteiger partial charge in [-0.1, -0.05) is 84.0 Å². The number of carbonyl (C=O) groups excluding carboxylic acids is 2. The summed E-state index contributed by atoms with van der Waals surface area (Å²) >= 11 is 0. The summed E-state index contributed by atoms with van der Waals surface area (Å²) in [6.45, 7) is 1.30. The molecule has 0 heterocycles. The first-order valence-electron chi connectivity index (χ1n) is 10.9. The van der Waals surface area contributed by atoms with Crippen LogP contribution < -0.4 is 0 Å². The molecule has 30 heavy (non-hydrogen) atoms. The van der Waals surface area contributed by atoms with Gasteiger partial charge in [0.1, 0.15) is 6.54 Å². The van der Waals surface area contributed by atoms with Crippen LogP contribution in [0.2, 0.25) is 0 Å². The molecule has 0 aliphatic heterocycles. The zero-order valence-electron chi connectivity index (χ0n) is 18.2. The van der Waals surface area contributed by atoms with E-state index in [2.05, 4.69) is 6.92 Å². The predicted molar refractivity (Wildman–Crippen MR) is 105 cm³/mol. The van der Waals surface area contributed by atoms with Gasteiger partial charge in [0.05, 0.1) is 6.61 Å². The zero-order valence-corrected chi connectivity index (χ0v) is 18.2. The van der Waals surface area contributed by atoms with E-state index < -0.39 is 30.5 Å². The number of nitrogens with zero attached hydrogens (tertiary/aromatic N) is 1. The molecule has 0 atom stereocenters. The summed E-state index contributed by atoms with van der Waals surface area (Å²) < 4.78 is 67.2. The molecule has 0 spiro atoms. The second kappa shape index (κ2) is 15.4. The fourth-order valence-electron chi connectivity index (χ4n) is 2.98. The van der Waals surface area contributed by atoms with Crippen LogP contribution in [0.3, 0.4) is 0 Å². The lowest BCUT2D eigenvalue weighted by molar-refractivity contribution is -0.274. The molecule has 0 radical (unpaired) electrons. The molecule has 0 aromatic rings. The van der Waals surface area contributed by atoms with E-state index in [-0.39, 0.29) is 11.5 Å². The van der Waals surface area contributed by atoms with E-state index in [1.54, 1.807) is 0 Å². The van der Waals surface area contributed by atoms with E-state index in [0.29, 0.717) is 13.5 Å². The Bertz CT molecular complexity index is 484. The van der Waals surface area contributed by atoms with Crippen molar-refractivity contribution in [2.75, 3.05) is 20.2 Å². The van der Waals surface area contributed by atoms with Gasteiger partial charge >= 0.3 is 24.0 Å². The maximum atomic E-state index is 12.9. The van der Waals surface area contributed by atoms with Gasteiger partial charge < -0.3 is 9.64 Å². The standard InChI is InChI=1S/C21H36F5NO3/c1-3-4-5-6-7-8-9-10-11-12-13-14-15-16-30-18(28)17-27(2)19(29)20(22,23)21(24,25)26/h3-17H2,1-2H3. The summed E-state index contributed by atoms with van der Waals surface area (Å²) in [7, 11) is 0.703. The largest absolute Gasteiger partial charge is 0.464 e. The van der Waals surface area contributed by atoms with Crippen molar-refractivity contribution in [3.05, 3.63) is 0 Å². The molecule has 0 aromatic heterocycles. The number of ether oxygens (including phenoxy) is 1. The third-order valence-corrected chi connectivity index (χ3v) is 4.85. The van der Waals surface area contributed by atoms with E-state index in [1.807, 2.05) is 0 Å². The Morgan fingerprint density at radius 2 is 1.13 bits per heavy atom. The third-order valence-electron chi connectivity index (χ3n) is 4.85. The number of hydrogen-bond acceptors (Lipinski definition) is 3. The molecule has 178 valence electrons. The first kappa shape index (κ1) is 28.6. The minimum atomic E-state index is -6.00. The number of esters is 1. The Morgan fingerprint density at radius 3 is 1.53 bits per heavy atom. The number of carbonyl (C=O) groups is 2. The van der Waals surface area contributed by atoms with E-state index >= 15 is 0 Å². The molecular weight excluding hydrogens is 409 g/mol. The molecular formula is C21H36F5NO3. The Morgan fingerprint density at radius 1 is 0.733 bits per heavy atom. The van der Waals surface area contributed by atoms with Crippen LogP contribution in [0.15, 0.2) is 0 Å². The van der Waals surface area contributed by atoms with Crippen LogP contribution in [-0.2, 0) is 14.3 Å². The third kappa shape index (κ3) is 12.3. The van der Waals surface area contributed by atoms with Gasteiger partial charge in [-0.05, 0) is 6.42 Å². The Labute approximate surface area is 176 Å². The Kier molecular flexibility index (Phi) is 14.7. The second-order valence-electron chi connectivity index (χ2n) is 7.70. The molecule has 0 saturated heterocycles. The van der Waals surface area contributed by atoms with Crippen LogP contribution in [0.1, 0.15) is 90.4 Å². The van der Waals surface area contributed by atoms with Crippen LogP contribution in [0, 0.1) is 0 Å². The van der Waals surface area contributed by atoms with E-state index in [4.69, 9.17) is 4.74 Å². The first-order valence-corrected chi connectivity index (χ1v) is 10.9. The molecule has 0 aliphatic carbocycles. The number of alkyl halides is 5. The number of unbranched alkanes of at least 4 members (excludes halogenated alkanes) is 12. The maximum Gasteiger partial charge on any atom is 0.463 e. The smallest absolute Gasteiger partial charge is 0.463 e. The van der Waals surface area contributed by atoms with Crippen LogP contribution in [0.25, 0.3) is 0 Å². The van der Waals surface area contributed by atoms with Crippen molar-refractivity contribution in [1.29, 1.82) is 0 Å². The fraction of sp³-hybridized carbons (Fsp3) is 0.905. The Hall–Kier alpha value is -1.41. The number of rotatable bonds is 17. The summed E-state index contributed by atoms with van der Waals surface area (Å²) in [5.74, 6) is -9.02.